The Balaban J connectivity index is 1.18. The number of fused-ring (bicyclic) bond motifs is 3. The predicted octanol–water partition coefficient (Wildman–Crippen LogP) is 23.6. The van der Waals surface area contributed by atoms with Gasteiger partial charge in [0.25, 0.3) is 0 Å². The van der Waals surface area contributed by atoms with Crippen LogP contribution in [0.3, 0.4) is 0 Å². The molecule has 10 aromatic carbocycles. The molecule has 420 valence electrons. The molecule has 82 heavy (non-hydrogen) atoms. The van der Waals surface area contributed by atoms with Crippen molar-refractivity contribution >= 4 is 71.2 Å². The first-order chi connectivity index (χ1) is 38.1. The van der Waals surface area contributed by atoms with Gasteiger partial charge in [-0.25, -0.2) is 0 Å². The van der Waals surface area contributed by atoms with E-state index in [0.717, 1.165) is 17.1 Å². The molecule has 0 spiro atoms. The minimum atomic E-state index is -0.0881. The number of hydrogen-bond acceptors (Lipinski definition) is 1. The molecule has 0 aliphatic rings. The largest absolute Gasteiger partial charge is 0.310 e. The Morgan fingerprint density at radius 1 is 0.280 bits per heavy atom. The first-order valence-corrected chi connectivity index (χ1v) is 30.2. The van der Waals surface area contributed by atoms with Crippen LogP contribution in [0.25, 0.3) is 82.1 Å². The van der Waals surface area contributed by atoms with Crippen LogP contribution in [0.4, 0.5) is 17.1 Å². The summed E-state index contributed by atoms with van der Waals surface area (Å²) in [6.45, 7) is 49.1. The van der Waals surface area contributed by atoms with Crippen LogP contribution >= 0.6 is 0 Å². The summed E-state index contributed by atoms with van der Waals surface area (Å²) in [7, 11) is 0. The lowest BCUT2D eigenvalue weighted by molar-refractivity contribution is 0.568. The average Bonchev–Trinajstić information content (AvgIpc) is 1.56. The first-order valence-electron chi connectivity index (χ1n) is 30.2. The smallest absolute Gasteiger partial charge is 0.0541 e. The van der Waals surface area contributed by atoms with Crippen molar-refractivity contribution in [3.05, 3.63) is 203 Å². The quantitative estimate of drug-likeness (QED) is 0.151. The number of nitrogens with zero attached hydrogens (tertiary/aromatic N) is 2. The normalized spacial score (nSPS) is 13.4. The van der Waals surface area contributed by atoms with E-state index >= 15 is 0 Å². The second kappa shape index (κ2) is 19.2. The van der Waals surface area contributed by atoms with E-state index < -0.39 is 0 Å². The molecule has 11 aromatic rings. The second-order valence-corrected chi connectivity index (χ2v) is 31.4. The van der Waals surface area contributed by atoms with Crippen molar-refractivity contribution in [2.45, 2.75) is 183 Å². The van der Waals surface area contributed by atoms with Crippen LogP contribution in [-0.2, 0) is 37.9 Å². The highest BCUT2D eigenvalue weighted by Gasteiger charge is 2.29. The molecule has 0 saturated carbocycles. The van der Waals surface area contributed by atoms with Crippen molar-refractivity contribution in [1.82, 2.24) is 4.57 Å². The standard InChI is InChI=1S/C80H90N2/c1-74(2,3)53-29-34-62(65(46-53)52-39-56(77(10,11)12)42-57(40-52)78(13,14)15)51-23-22-24-60(41-51)81(61-44-58(79(16,17)18)43-59(45-61)80(19,20)21)68-35-27-49-26-33-64-69(36-28-50-25-32-63(68)72(49)73(50)64)82-70-37-30-54(75(4,5)6)47-66(70)67-48-55(76(7,8)9)31-38-71(67)82/h22-48H,1-21H3. The molecule has 2 heteroatoms. The summed E-state index contributed by atoms with van der Waals surface area (Å²) in [6.07, 6.45) is 0. The van der Waals surface area contributed by atoms with E-state index in [0.29, 0.717) is 0 Å². The lowest BCUT2D eigenvalue weighted by Crippen LogP contribution is -2.19. The van der Waals surface area contributed by atoms with Gasteiger partial charge in [0.1, 0.15) is 0 Å². The minimum Gasteiger partial charge on any atom is -0.310 e. The molecule has 2 nitrogen and oxygen atoms in total. The van der Waals surface area contributed by atoms with Crippen molar-refractivity contribution in [3.8, 4) is 27.9 Å². The molecule has 0 bridgehead atoms. The highest BCUT2D eigenvalue weighted by molar-refractivity contribution is 6.27. The molecule has 0 aliphatic heterocycles. The van der Waals surface area contributed by atoms with Gasteiger partial charge < -0.3 is 9.47 Å². The molecular weight excluding hydrogens is 989 g/mol. The summed E-state index contributed by atoms with van der Waals surface area (Å²) in [4.78, 5) is 2.58. The fraction of sp³-hybridized carbons (Fsp3) is 0.350. The molecule has 0 fully saturated rings. The van der Waals surface area contributed by atoms with Gasteiger partial charge >= 0.3 is 0 Å². The van der Waals surface area contributed by atoms with E-state index in [-0.39, 0.29) is 37.9 Å². The fourth-order valence-corrected chi connectivity index (χ4v) is 12.4. The van der Waals surface area contributed by atoms with Crippen molar-refractivity contribution < 1.29 is 0 Å². The Hall–Kier alpha value is -7.16. The van der Waals surface area contributed by atoms with Crippen LogP contribution in [0.5, 0.6) is 0 Å². The van der Waals surface area contributed by atoms with E-state index in [1.807, 2.05) is 0 Å². The van der Waals surface area contributed by atoms with Crippen LogP contribution in [-0.4, -0.2) is 4.57 Å². The van der Waals surface area contributed by atoms with Gasteiger partial charge in [-0.1, -0.05) is 249 Å². The molecule has 0 radical (unpaired) electrons. The third-order valence-electron chi connectivity index (χ3n) is 17.8. The maximum absolute atomic E-state index is 2.58. The van der Waals surface area contributed by atoms with Crippen molar-refractivity contribution in [1.29, 1.82) is 0 Å². The van der Waals surface area contributed by atoms with Crippen molar-refractivity contribution in [3.63, 3.8) is 0 Å². The zero-order valence-corrected chi connectivity index (χ0v) is 53.5. The summed E-state index contributed by atoms with van der Waals surface area (Å²) in [5.41, 5.74) is 21.2. The van der Waals surface area contributed by atoms with Crippen molar-refractivity contribution in [2.75, 3.05) is 4.90 Å². The fourth-order valence-electron chi connectivity index (χ4n) is 12.4. The molecule has 0 N–H and O–H groups in total. The van der Waals surface area contributed by atoms with E-state index in [9.17, 15) is 0 Å². The van der Waals surface area contributed by atoms with Crippen LogP contribution in [0.1, 0.15) is 184 Å². The zero-order valence-electron chi connectivity index (χ0n) is 53.5. The Morgan fingerprint density at radius 3 is 1.21 bits per heavy atom. The van der Waals surface area contributed by atoms with E-state index in [2.05, 4.69) is 319 Å². The third-order valence-corrected chi connectivity index (χ3v) is 17.8. The van der Waals surface area contributed by atoms with Gasteiger partial charge in [0.15, 0.2) is 0 Å². The monoisotopic (exact) mass is 1080 g/mol. The van der Waals surface area contributed by atoms with Gasteiger partial charge in [-0.3, -0.25) is 0 Å². The Morgan fingerprint density at radius 2 is 0.707 bits per heavy atom. The number of benzene rings is 10. The van der Waals surface area contributed by atoms with Gasteiger partial charge in [0.05, 0.1) is 22.4 Å². The molecule has 11 rings (SSSR count). The molecule has 1 aromatic heterocycles. The number of anilines is 3. The lowest BCUT2D eigenvalue weighted by Gasteiger charge is -2.32. The Kier molecular flexibility index (Phi) is 13.3. The SMILES string of the molecule is CC(C)(C)c1cc(-c2cc(C(C)(C)C)ccc2-c2cccc(N(c3cc(C(C)(C)C)cc(C(C)(C)C)c3)c3ccc4ccc5c(-n6c7ccc(C(C)(C)C)cc7c7cc(C(C)(C)C)ccc76)ccc6ccc3c4c65)c2)cc(C(C)(C)C)c1. The minimum absolute atomic E-state index is 0.0162. The van der Waals surface area contributed by atoms with Gasteiger partial charge in [-0.2, -0.15) is 0 Å². The molecule has 0 aliphatic carbocycles. The van der Waals surface area contributed by atoms with E-state index in [1.54, 1.807) is 0 Å². The lowest BCUT2D eigenvalue weighted by atomic mass is 9.77. The first kappa shape index (κ1) is 56.7. The van der Waals surface area contributed by atoms with Crippen molar-refractivity contribution in [2.24, 2.45) is 0 Å². The van der Waals surface area contributed by atoms with Gasteiger partial charge in [-0.05, 0) is 181 Å². The summed E-state index contributed by atoms with van der Waals surface area (Å²) in [5, 5.41) is 10.2. The predicted molar refractivity (Wildman–Crippen MR) is 361 cm³/mol. The van der Waals surface area contributed by atoms with E-state index in [4.69, 9.17) is 0 Å². The second-order valence-electron chi connectivity index (χ2n) is 31.4. The molecule has 0 unspecified atom stereocenters. The van der Waals surface area contributed by atoms with Crippen LogP contribution < -0.4 is 4.90 Å². The summed E-state index contributed by atoms with van der Waals surface area (Å²) in [5.74, 6) is 0. The molecule has 0 amide bonds. The molecule has 0 atom stereocenters. The molecular formula is C80H90N2. The Bertz CT molecular complexity index is 4160. The average molecular weight is 1080 g/mol. The van der Waals surface area contributed by atoms with Gasteiger partial charge in [-0.15, -0.1) is 0 Å². The number of aromatic nitrogens is 1. The molecule has 0 saturated heterocycles. The highest BCUT2D eigenvalue weighted by atomic mass is 15.1. The van der Waals surface area contributed by atoms with Crippen LogP contribution in [0.2, 0.25) is 0 Å². The highest BCUT2D eigenvalue weighted by Crippen LogP contribution is 2.49. The van der Waals surface area contributed by atoms with Gasteiger partial charge in [0.2, 0.25) is 0 Å². The summed E-state index contributed by atoms with van der Waals surface area (Å²) < 4.78 is 2.55. The Labute approximate surface area is 492 Å². The topological polar surface area (TPSA) is 8.17 Å². The summed E-state index contributed by atoms with van der Waals surface area (Å²) >= 11 is 0. The van der Waals surface area contributed by atoms with E-state index in [1.165, 1.54) is 121 Å². The van der Waals surface area contributed by atoms with Crippen LogP contribution in [0.15, 0.2) is 164 Å². The number of rotatable bonds is 6. The maximum atomic E-state index is 2.58. The zero-order chi connectivity index (χ0) is 59.2. The van der Waals surface area contributed by atoms with Gasteiger partial charge in [0, 0.05) is 32.9 Å². The molecule has 1 heterocycles. The third kappa shape index (κ3) is 10.2. The maximum Gasteiger partial charge on any atom is 0.0541 e. The summed E-state index contributed by atoms with van der Waals surface area (Å²) in [6, 6.07) is 64.8. The number of hydrogen-bond donors (Lipinski definition) is 0. The van der Waals surface area contributed by atoms with Crippen LogP contribution in [0, 0.1) is 0 Å².